The van der Waals surface area contributed by atoms with Gasteiger partial charge in [-0.2, -0.15) is 4.98 Å². The first-order valence-electron chi connectivity index (χ1n) is 11.0. The lowest BCUT2D eigenvalue weighted by atomic mass is 9.73. The van der Waals surface area contributed by atoms with Gasteiger partial charge in [-0.3, -0.25) is 9.20 Å². The molecule has 2 aromatic heterocycles. The van der Waals surface area contributed by atoms with Crippen LogP contribution in [0, 0.1) is 12.3 Å². The van der Waals surface area contributed by atoms with Gasteiger partial charge in [0.1, 0.15) is 12.1 Å². The van der Waals surface area contributed by atoms with Crippen LogP contribution in [0.15, 0.2) is 60.1 Å². The highest BCUT2D eigenvalue weighted by atomic mass is 16.2. The summed E-state index contributed by atoms with van der Waals surface area (Å²) in [5, 5.41) is 9.34. The number of fused-ring (bicyclic) bond motifs is 3. The van der Waals surface area contributed by atoms with Crippen LogP contribution < -0.4 is 4.90 Å². The Kier molecular flexibility index (Phi) is 4.84. The van der Waals surface area contributed by atoms with Crippen molar-refractivity contribution in [2.24, 2.45) is 5.41 Å². The minimum Gasteiger partial charge on any atom is -0.339 e. The van der Waals surface area contributed by atoms with Crippen molar-refractivity contribution < 1.29 is 4.79 Å². The van der Waals surface area contributed by atoms with Crippen molar-refractivity contribution in [1.82, 2.24) is 24.5 Å². The molecule has 1 atom stereocenters. The molecule has 1 unspecified atom stereocenters. The fourth-order valence-electron chi connectivity index (χ4n) is 4.84. The summed E-state index contributed by atoms with van der Waals surface area (Å²) >= 11 is 0. The Morgan fingerprint density at radius 3 is 2.88 bits per heavy atom. The summed E-state index contributed by atoms with van der Waals surface area (Å²) in [6.45, 7) is 7.50. The quantitative estimate of drug-likeness (QED) is 0.589. The normalized spacial score (nSPS) is 21.1. The molecule has 0 saturated carbocycles. The Morgan fingerprint density at radius 1 is 1.28 bits per heavy atom. The minimum atomic E-state index is -0.0768. The van der Waals surface area contributed by atoms with E-state index in [-0.39, 0.29) is 11.3 Å². The van der Waals surface area contributed by atoms with Crippen LogP contribution in [0.25, 0.3) is 16.7 Å². The van der Waals surface area contributed by atoms with E-state index in [1.54, 1.807) is 13.3 Å². The topological polar surface area (TPSA) is 66.6 Å². The van der Waals surface area contributed by atoms with Crippen molar-refractivity contribution in [3.8, 4) is 0 Å². The first kappa shape index (κ1) is 20.4. The van der Waals surface area contributed by atoms with E-state index in [9.17, 15) is 4.79 Å². The van der Waals surface area contributed by atoms with Gasteiger partial charge in [-0.25, -0.2) is 0 Å². The second-order valence-corrected chi connectivity index (χ2v) is 9.07. The molecule has 7 heteroatoms. The number of aryl methyl sites for hydroxylation is 1. The lowest BCUT2D eigenvalue weighted by molar-refractivity contribution is -0.128. The van der Waals surface area contributed by atoms with Gasteiger partial charge in [0, 0.05) is 50.0 Å². The Labute approximate surface area is 187 Å². The zero-order chi connectivity index (χ0) is 22.5. The summed E-state index contributed by atoms with van der Waals surface area (Å²) in [4.78, 5) is 20.6. The number of hydrogen-bond acceptors (Lipinski definition) is 5. The molecule has 0 saturated heterocycles. The molecule has 2 aliphatic rings. The van der Waals surface area contributed by atoms with Crippen LogP contribution in [0.1, 0.15) is 32.3 Å². The van der Waals surface area contributed by atoms with Crippen molar-refractivity contribution in [2.45, 2.75) is 33.6 Å². The number of nitrogens with zero attached hydrogens (tertiary/aromatic N) is 6. The maximum Gasteiger partial charge on any atom is 0.257 e. The monoisotopic (exact) mass is 428 g/mol. The van der Waals surface area contributed by atoms with E-state index in [4.69, 9.17) is 4.98 Å². The number of hydrogen-bond donors (Lipinski definition) is 0. The number of amides is 1. The summed E-state index contributed by atoms with van der Waals surface area (Å²) in [5.74, 6) is 1.62. The van der Waals surface area contributed by atoms with Crippen LogP contribution in [0.3, 0.4) is 0 Å². The molecular formula is C25H28N6O. The SMILES string of the molecule is CC(=O)N1CC=C(C2(C)C=CC=C(N(C)c3nc4nncn4c4cc(C)ccc34)C2)CC1. The summed E-state index contributed by atoms with van der Waals surface area (Å²) in [5.41, 5.74) is 4.75. The Hall–Kier alpha value is -3.48. The molecule has 1 aliphatic heterocycles. The molecule has 3 aromatic rings. The van der Waals surface area contributed by atoms with E-state index in [0.717, 1.165) is 36.1 Å². The lowest BCUT2D eigenvalue weighted by Gasteiger charge is -2.38. The molecule has 0 spiro atoms. The highest BCUT2D eigenvalue weighted by molar-refractivity contribution is 5.92. The van der Waals surface area contributed by atoms with Crippen molar-refractivity contribution >= 4 is 28.4 Å². The third kappa shape index (κ3) is 3.38. The third-order valence-electron chi connectivity index (χ3n) is 6.83. The van der Waals surface area contributed by atoms with Crippen molar-refractivity contribution in [3.05, 3.63) is 65.7 Å². The number of carbonyl (C=O) groups excluding carboxylic acids is 1. The average molecular weight is 429 g/mol. The van der Waals surface area contributed by atoms with Gasteiger partial charge in [-0.05, 0) is 37.1 Å². The van der Waals surface area contributed by atoms with Gasteiger partial charge in [0.2, 0.25) is 5.91 Å². The first-order chi connectivity index (χ1) is 15.4. The van der Waals surface area contributed by atoms with Crippen LogP contribution in [0.4, 0.5) is 5.82 Å². The number of allylic oxidation sites excluding steroid dienone is 4. The number of aromatic nitrogens is 4. The van der Waals surface area contributed by atoms with Gasteiger partial charge in [0.15, 0.2) is 0 Å². The van der Waals surface area contributed by atoms with E-state index >= 15 is 0 Å². The standard InChI is InChI=1S/C25H28N6O/c1-17-7-8-21-22(14-17)31-16-26-28-24(31)27-23(21)29(4)20-6-5-11-25(3,15-20)19-9-12-30(13-10-19)18(2)32/h5-9,11,14,16H,10,12-13,15H2,1-4H3. The van der Waals surface area contributed by atoms with Crippen molar-refractivity contribution in [3.63, 3.8) is 0 Å². The number of anilines is 1. The van der Waals surface area contributed by atoms with Crippen LogP contribution in [0.2, 0.25) is 0 Å². The molecule has 1 aliphatic carbocycles. The molecule has 5 rings (SSSR count). The molecule has 0 fully saturated rings. The first-order valence-corrected chi connectivity index (χ1v) is 11.0. The van der Waals surface area contributed by atoms with Gasteiger partial charge in [-0.1, -0.05) is 36.8 Å². The zero-order valence-corrected chi connectivity index (χ0v) is 19.0. The summed E-state index contributed by atoms with van der Waals surface area (Å²) < 4.78 is 1.94. The predicted octanol–water partition coefficient (Wildman–Crippen LogP) is 4.05. The lowest BCUT2D eigenvalue weighted by Crippen LogP contribution is -2.36. The summed E-state index contributed by atoms with van der Waals surface area (Å²) in [6.07, 6.45) is 12.3. The highest BCUT2D eigenvalue weighted by Gasteiger charge is 2.32. The van der Waals surface area contributed by atoms with Gasteiger partial charge in [-0.15, -0.1) is 10.2 Å². The van der Waals surface area contributed by atoms with Crippen LogP contribution in [-0.2, 0) is 4.79 Å². The fourth-order valence-corrected chi connectivity index (χ4v) is 4.84. The van der Waals surface area contributed by atoms with E-state index < -0.39 is 0 Å². The second kappa shape index (κ2) is 7.58. The van der Waals surface area contributed by atoms with Crippen molar-refractivity contribution in [1.29, 1.82) is 0 Å². The molecule has 0 N–H and O–H groups in total. The van der Waals surface area contributed by atoms with Crippen LogP contribution >= 0.6 is 0 Å². The molecule has 1 aromatic carbocycles. The largest absolute Gasteiger partial charge is 0.339 e. The highest BCUT2D eigenvalue weighted by Crippen LogP contribution is 2.42. The minimum absolute atomic E-state index is 0.0768. The molecular weight excluding hydrogens is 400 g/mol. The Morgan fingerprint density at radius 2 is 2.12 bits per heavy atom. The average Bonchev–Trinajstić information content (AvgIpc) is 3.27. The molecule has 0 bridgehead atoms. The van der Waals surface area contributed by atoms with E-state index in [1.165, 1.54) is 16.8 Å². The molecule has 7 nitrogen and oxygen atoms in total. The maximum absolute atomic E-state index is 11.7. The van der Waals surface area contributed by atoms with Crippen molar-refractivity contribution in [2.75, 3.05) is 25.0 Å². The van der Waals surface area contributed by atoms with Gasteiger partial charge >= 0.3 is 0 Å². The summed E-state index contributed by atoms with van der Waals surface area (Å²) in [6, 6.07) is 6.39. The molecule has 32 heavy (non-hydrogen) atoms. The fraction of sp³-hybridized carbons (Fsp3) is 0.360. The Bertz CT molecular complexity index is 1320. The van der Waals surface area contributed by atoms with Crippen LogP contribution in [0.5, 0.6) is 0 Å². The molecule has 1 amide bonds. The third-order valence-corrected chi connectivity index (χ3v) is 6.83. The van der Waals surface area contributed by atoms with E-state index in [1.807, 2.05) is 9.30 Å². The van der Waals surface area contributed by atoms with E-state index in [2.05, 4.69) is 78.5 Å². The smallest absolute Gasteiger partial charge is 0.257 e. The summed E-state index contributed by atoms with van der Waals surface area (Å²) in [7, 11) is 2.08. The zero-order valence-electron chi connectivity index (χ0n) is 19.0. The van der Waals surface area contributed by atoms with E-state index in [0.29, 0.717) is 12.3 Å². The maximum atomic E-state index is 11.7. The van der Waals surface area contributed by atoms with Crippen LogP contribution in [-0.4, -0.2) is 50.5 Å². The molecule has 164 valence electrons. The molecule has 3 heterocycles. The van der Waals surface area contributed by atoms with Gasteiger partial charge < -0.3 is 9.80 Å². The Balaban J connectivity index is 1.49. The van der Waals surface area contributed by atoms with Gasteiger partial charge in [0.05, 0.1) is 5.52 Å². The second-order valence-electron chi connectivity index (χ2n) is 9.07. The number of benzene rings is 1. The predicted molar refractivity (Wildman–Crippen MR) is 126 cm³/mol. The molecule has 0 radical (unpaired) electrons. The van der Waals surface area contributed by atoms with Gasteiger partial charge in [0.25, 0.3) is 5.78 Å². The number of rotatable bonds is 3. The number of carbonyl (C=O) groups is 1.